The molecular weight excluding hydrogens is 354 g/mol. The van der Waals surface area contributed by atoms with Gasteiger partial charge >= 0.3 is 6.09 Å². The highest BCUT2D eigenvalue weighted by atomic mass is 16.6. The third kappa shape index (κ3) is 4.21. The maximum atomic E-state index is 12.8. The summed E-state index contributed by atoms with van der Waals surface area (Å²) in [4.78, 5) is 26.7. The third-order valence-electron chi connectivity index (χ3n) is 5.02. The van der Waals surface area contributed by atoms with Gasteiger partial charge < -0.3 is 19.5 Å². The molecule has 1 saturated heterocycles. The average molecular weight is 383 g/mol. The van der Waals surface area contributed by atoms with E-state index in [1.165, 1.54) is 0 Å². The van der Waals surface area contributed by atoms with E-state index < -0.39 is 5.60 Å². The largest absolute Gasteiger partial charge is 0.444 e. The van der Waals surface area contributed by atoms with E-state index in [1.807, 2.05) is 56.7 Å². The lowest BCUT2D eigenvalue weighted by Gasteiger charge is -2.33. The average Bonchev–Trinajstić information content (AvgIpc) is 2.98. The van der Waals surface area contributed by atoms with Crippen LogP contribution in [0.2, 0.25) is 0 Å². The van der Waals surface area contributed by atoms with Crippen molar-refractivity contribution in [3.8, 4) is 0 Å². The monoisotopic (exact) mass is 383 g/mol. The number of rotatable bonds is 3. The van der Waals surface area contributed by atoms with Crippen LogP contribution in [0, 0.1) is 0 Å². The molecule has 1 aromatic heterocycles. The highest BCUT2D eigenvalue weighted by molar-refractivity contribution is 6.00. The normalized spacial score (nSPS) is 15.5. The number of benzene rings is 1. The molecule has 2 heterocycles. The second kappa shape index (κ2) is 7.70. The summed E-state index contributed by atoms with van der Waals surface area (Å²) in [6.45, 7) is 10.6. The van der Waals surface area contributed by atoms with Crippen molar-refractivity contribution in [1.82, 2.24) is 14.8 Å². The molecule has 2 aromatic rings. The minimum Gasteiger partial charge on any atom is -0.444 e. The summed E-state index contributed by atoms with van der Waals surface area (Å²) in [5.41, 5.74) is 2.13. The predicted octanol–water partition coefficient (Wildman–Crippen LogP) is 3.95. The maximum Gasteiger partial charge on any atom is 0.410 e. The molecule has 0 aliphatic carbocycles. The Hall–Kier alpha value is -2.76. The van der Waals surface area contributed by atoms with Crippen molar-refractivity contribution in [2.45, 2.75) is 45.3 Å². The number of aromatic nitrogens is 1. The van der Waals surface area contributed by atoms with Gasteiger partial charge in [0, 0.05) is 31.6 Å². The number of nitrogens with one attached hydrogen (secondary N) is 1. The van der Waals surface area contributed by atoms with Crippen LogP contribution in [0.25, 0.3) is 17.0 Å². The predicted molar refractivity (Wildman–Crippen MR) is 111 cm³/mol. The number of piperidine rings is 1. The van der Waals surface area contributed by atoms with Gasteiger partial charge in [0.15, 0.2) is 0 Å². The quantitative estimate of drug-likeness (QED) is 0.873. The zero-order valence-electron chi connectivity index (χ0n) is 17.1. The van der Waals surface area contributed by atoms with Crippen LogP contribution in [0.1, 0.15) is 49.7 Å². The number of fused-ring (bicyclic) bond motifs is 1. The molecule has 0 spiro atoms. The molecular formula is C22H29N3O3. The number of nitrogens with zero attached hydrogens (tertiary/aromatic N) is 2. The molecule has 0 radical (unpaired) electrons. The van der Waals surface area contributed by atoms with Gasteiger partial charge in [-0.1, -0.05) is 30.9 Å². The van der Waals surface area contributed by atoms with Crippen LogP contribution < -0.4 is 5.32 Å². The van der Waals surface area contributed by atoms with Crippen LogP contribution in [-0.4, -0.2) is 46.2 Å². The van der Waals surface area contributed by atoms with Crippen molar-refractivity contribution in [3.05, 3.63) is 42.1 Å². The first kappa shape index (κ1) is 20.0. The highest BCUT2D eigenvalue weighted by Crippen LogP contribution is 2.24. The van der Waals surface area contributed by atoms with Gasteiger partial charge in [-0.3, -0.25) is 4.79 Å². The molecule has 1 N–H and O–H groups in total. The number of ether oxygens (including phenoxy) is 1. The Balaban J connectivity index is 1.64. The fourth-order valence-corrected chi connectivity index (χ4v) is 3.62. The van der Waals surface area contributed by atoms with E-state index in [0.717, 1.165) is 16.5 Å². The summed E-state index contributed by atoms with van der Waals surface area (Å²) < 4.78 is 7.34. The maximum absolute atomic E-state index is 12.8. The van der Waals surface area contributed by atoms with Crippen molar-refractivity contribution in [2.75, 3.05) is 13.1 Å². The van der Waals surface area contributed by atoms with Gasteiger partial charge in [-0.15, -0.1) is 0 Å². The molecule has 3 rings (SSSR count). The first-order valence-corrected chi connectivity index (χ1v) is 9.69. The van der Waals surface area contributed by atoms with Crippen LogP contribution >= 0.6 is 0 Å². The van der Waals surface area contributed by atoms with E-state index in [4.69, 9.17) is 4.74 Å². The zero-order valence-corrected chi connectivity index (χ0v) is 17.1. The van der Waals surface area contributed by atoms with Crippen molar-refractivity contribution in [3.63, 3.8) is 0 Å². The zero-order chi connectivity index (χ0) is 20.5. The minimum absolute atomic E-state index is 0.0445. The van der Waals surface area contributed by atoms with Crippen LogP contribution in [0.15, 0.2) is 30.8 Å². The van der Waals surface area contributed by atoms with Gasteiger partial charge in [-0.05, 0) is 45.2 Å². The summed E-state index contributed by atoms with van der Waals surface area (Å²) in [6.07, 6.45) is 2.94. The molecule has 1 aliphatic heterocycles. The SMILES string of the molecule is C=Cc1cccc2cc(C(=O)NC3CCN(C(=O)OC(C)(C)C)CC3)n(C)c12. The van der Waals surface area contributed by atoms with Gasteiger partial charge in [0.25, 0.3) is 5.91 Å². The standard InChI is InChI=1S/C22H29N3O3/c1-6-15-8-7-9-16-14-18(24(5)19(15)16)20(26)23-17-10-12-25(13-11-17)21(27)28-22(2,3)4/h6-9,14,17H,1,10-13H2,2-5H3,(H,23,26). The Labute approximate surface area is 166 Å². The van der Waals surface area contributed by atoms with Gasteiger partial charge in [0.1, 0.15) is 11.3 Å². The highest BCUT2D eigenvalue weighted by Gasteiger charge is 2.28. The van der Waals surface area contributed by atoms with E-state index in [0.29, 0.717) is 31.6 Å². The van der Waals surface area contributed by atoms with Crippen LogP contribution in [0.3, 0.4) is 0 Å². The molecule has 1 aromatic carbocycles. The van der Waals surface area contributed by atoms with Gasteiger partial charge in [-0.2, -0.15) is 0 Å². The Morgan fingerprint density at radius 2 is 1.93 bits per heavy atom. The molecule has 0 unspecified atom stereocenters. The van der Waals surface area contributed by atoms with Crippen molar-refractivity contribution < 1.29 is 14.3 Å². The summed E-state index contributed by atoms with van der Waals surface area (Å²) in [5, 5.41) is 4.14. The number of carbonyl (C=O) groups is 2. The van der Waals surface area contributed by atoms with Gasteiger partial charge in [0.05, 0.1) is 5.52 Å². The lowest BCUT2D eigenvalue weighted by atomic mass is 10.1. The van der Waals surface area contributed by atoms with E-state index in [1.54, 1.807) is 11.0 Å². The second-order valence-electron chi connectivity index (χ2n) is 8.29. The van der Waals surface area contributed by atoms with Crippen LogP contribution in [-0.2, 0) is 11.8 Å². The molecule has 1 fully saturated rings. The third-order valence-corrected chi connectivity index (χ3v) is 5.02. The number of para-hydroxylation sites is 1. The molecule has 0 saturated carbocycles. The number of hydrogen-bond acceptors (Lipinski definition) is 3. The molecule has 0 bridgehead atoms. The van der Waals surface area contributed by atoms with E-state index in [9.17, 15) is 9.59 Å². The first-order valence-electron chi connectivity index (χ1n) is 9.69. The van der Waals surface area contributed by atoms with E-state index in [-0.39, 0.29) is 18.0 Å². The van der Waals surface area contributed by atoms with Crippen molar-refractivity contribution in [2.24, 2.45) is 7.05 Å². The number of aryl methyl sites for hydroxylation is 1. The van der Waals surface area contributed by atoms with Crippen LogP contribution in [0.4, 0.5) is 4.79 Å². The van der Waals surface area contributed by atoms with Crippen LogP contribution in [0.5, 0.6) is 0 Å². The molecule has 6 heteroatoms. The van der Waals surface area contributed by atoms with E-state index in [2.05, 4.69) is 11.9 Å². The fourth-order valence-electron chi connectivity index (χ4n) is 3.62. The molecule has 1 aliphatic rings. The Morgan fingerprint density at radius 1 is 1.25 bits per heavy atom. The summed E-state index contributed by atoms with van der Waals surface area (Å²) in [5.74, 6) is -0.0931. The Kier molecular flexibility index (Phi) is 5.49. The summed E-state index contributed by atoms with van der Waals surface area (Å²) in [6, 6.07) is 7.91. The Bertz CT molecular complexity index is 900. The molecule has 6 nitrogen and oxygen atoms in total. The number of hydrogen-bond donors (Lipinski definition) is 1. The second-order valence-corrected chi connectivity index (χ2v) is 8.29. The van der Waals surface area contributed by atoms with Crippen molar-refractivity contribution >= 4 is 29.0 Å². The van der Waals surface area contributed by atoms with Gasteiger partial charge in [-0.25, -0.2) is 4.79 Å². The smallest absolute Gasteiger partial charge is 0.410 e. The molecule has 2 amide bonds. The topological polar surface area (TPSA) is 63.6 Å². The lowest BCUT2D eigenvalue weighted by molar-refractivity contribution is 0.0199. The van der Waals surface area contributed by atoms with E-state index >= 15 is 0 Å². The summed E-state index contributed by atoms with van der Waals surface area (Å²) >= 11 is 0. The van der Waals surface area contributed by atoms with Gasteiger partial charge in [0.2, 0.25) is 0 Å². The lowest BCUT2D eigenvalue weighted by Crippen LogP contribution is -2.48. The first-order chi connectivity index (χ1) is 13.2. The molecule has 28 heavy (non-hydrogen) atoms. The molecule has 150 valence electrons. The molecule has 0 atom stereocenters. The number of likely N-dealkylation sites (tertiary alicyclic amines) is 1. The van der Waals surface area contributed by atoms with Crippen molar-refractivity contribution in [1.29, 1.82) is 0 Å². The number of carbonyl (C=O) groups excluding carboxylic acids is 2. The minimum atomic E-state index is -0.499. The number of amides is 2. The Morgan fingerprint density at radius 3 is 2.54 bits per heavy atom. The summed E-state index contributed by atoms with van der Waals surface area (Å²) in [7, 11) is 1.90. The fraction of sp³-hybridized carbons (Fsp3) is 0.455.